The summed E-state index contributed by atoms with van der Waals surface area (Å²) in [5, 5.41) is 12.6. The second-order valence-electron chi connectivity index (χ2n) is 10.1. The zero-order valence-corrected chi connectivity index (χ0v) is 21.1. The first kappa shape index (κ1) is 26.6. The number of amides is 3. The van der Waals surface area contributed by atoms with Crippen molar-refractivity contribution < 1.29 is 24.3 Å². The highest BCUT2D eigenvalue weighted by Gasteiger charge is 2.52. The average molecular weight is 488 g/mol. The molecule has 2 aliphatic heterocycles. The highest BCUT2D eigenvalue weighted by molar-refractivity contribution is 6.01. The third-order valence-corrected chi connectivity index (χ3v) is 6.75. The molecule has 0 saturated carbocycles. The van der Waals surface area contributed by atoms with Crippen LogP contribution in [0.3, 0.4) is 0 Å². The van der Waals surface area contributed by atoms with E-state index in [2.05, 4.69) is 5.32 Å². The van der Waals surface area contributed by atoms with Gasteiger partial charge >= 0.3 is 0 Å². The molecule has 35 heavy (non-hydrogen) atoms. The van der Waals surface area contributed by atoms with E-state index in [-0.39, 0.29) is 30.1 Å². The largest absolute Gasteiger partial charge is 0.391 e. The molecule has 0 aromatic heterocycles. The van der Waals surface area contributed by atoms with Gasteiger partial charge in [0, 0.05) is 31.9 Å². The number of ketones is 1. The predicted molar refractivity (Wildman–Crippen MR) is 132 cm³/mol. The zero-order chi connectivity index (χ0) is 26.0. The smallest absolute Gasteiger partial charge is 0.251 e. The Morgan fingerprint density at radius 1 is 1.11 bits per heavy atom. The normalized spacial score (nSPS) is 22.1. The third kappa shape index (κ3) is 5.65. The number of anilines is 1. The quantitative estimate of drug-likeness (QED) is 0.469. The maximum atomic E-state index is 13.6. The third-order valence-electron chi connectivity index (χ3n) is 6.75. The van der Waals surface area contributed by atoms with Crippen LogP contribution in [0.5, 0.6) is 0 Å². The Balaban J connectivity index is 1.76. The summed E-state index contributed by atoms with van der Waals surface area (Å²) in [6.45, 7) is 5.51. The number of rotatable bonds is 8. The summed E-state index contributed by atoms with van der Waals surface area (Å²) in [5.74, 6) is -1.29. The molecular formula is C25H37N5O5. The maximum absolute atomic E-state index is 13.6. The van der Waals surface area contributed by atoms with E-state index in [1.54, 1.807) is 12.1 Å². The summed E-state index contributed by atoms with van der Waals surface area (Å²) in [6.07, 6.45) is -0.194. The zero-order valence-electron chi connectivity index (χ0n) is 21.1. The van der Waals surface area contributed by atoms with Crippen molar-refractivity contribution in [3.8, 4) is 0 Å². The molecule has 5 atom stereocenters. The van der Waals surface area contributed by atoms with Crippen LogP contribution in [-0.2, 0) is 14.4 Å². The van der Waals surface area contributed by atoms with Gasteiger partial charge in [0.1, 0.15) is 18.1 Å². The van der Waals surface area contributed by atoms with Gasteiger partial charge in [-0.05, 0) is 49.9 Å². The van der Waals surface area contributed by atoms with Crippen molar-refractivity contribution in [1.82, 2.24) is 15.1 Å². The van der Waals surface area contributed by atoms with Crippen LogP contribution in [-0.4, -0.2) is 95.9 Å². The molecule has 10 heteroatoms. The Kier molecular flexibility index (Phi) is 8.17. The number of hydrogen-bond donors (Lipinski definition) is 3. The van der Waals surface area contributed by atoms with Crippen LogP contribution in [0.2, 0.25) is 0 Å². The van der Waals surface area contributed by atoms with Crippen LogP contribution in [0.4, 0.5) is 5.69 Å². The van der Waals surface area contributed by atoms with E-state index >= 15 is 0 Å². The van der Waals surface area contributed by atoms with Gasteiger partial charge in [-0.25, -0.2) is 0 Å². The fourth-order valence-corrected chi connectivity index (χ4v) is 4.80. The van der Waals surface area contributed by atoms with Gasteiger partial charge in [-0.1, -0.05) is 13.8 Å². The fraction of sp³-hybridized carbons (Fsp3) is 0.600. The highest BCUT2D eigenvalue weighted by Crippen LogP contribution is 2.31. The molecular weight excluding hydrogens is 450 g/mol. The summed E-state index contributed by atoms with van der Waals surface area (Å²) >= 11 is 0. The van der Waals surface area contributed by atoms with Crippen molar-refractivity contribution in [3.05, 3.63) is 29.8 Å². The van der Waals surface area contributed by atoms with Gasteiger partial charge in [0.15, 0.2) is 5.78 Å². The van der Waals surface area contributed by atoms with Gasteiger partial charge in [-0.2, -0.15) is 0 Å². The van der Waals surface area contributed by atoms with Gasteiger partial charge in [0.2, 0.25) is 11.8 Å². The van der Waals surface area contributed by atoms with Crippen LogP contribution in [0.1, 0.15) is 44.0 Å². The number of nitrogens with one attached hydrogen (secondary N) is 1. The Morgan fingerprint density at radius 2 is 1.74 bits per heavy atom. The van der Waals surface area contributed by atoms with E-state index < -0.39 is 36.2 Å². The first-order valence-electron chi connectivity index (χ1n) is 12.1. The average Bonchev–Trinajstić information content (AvgIpc) is 3.38. The Morgan fingerprint density at radius 3 is 2.29 bits per heavy atom. The van der Waals surface area contributed by atoms with E-state index in [1.807, 2.05) is 45.0 Å². The number of carbonyl (C=O) groups excluding carboxylic acids is 4. The molecule has 1 aromatic carbocycles. The van der Waals surface area contributed by atoms with Crippen LogP contribution >= 0.6 is 0 Å². The van der Waals surface area contributed by atoms with E-state index in [9.17, 15) is 24.3 Å². The summed E-state index contributed by atoms with van der Waals surface area (Å²) in [4.78, 5) is 56.9. The summed E-state index contributed by atoms with van der Waals surface area (Å²) in [6, 6.07) is 3.92. The molecule has 0 spiro atoms. The van der Waals surface area contributed by atoms with Crippen LogP contribution in [0.15, 0.2) is 24.3 Å². The fourth-order valence-electron chi connectivity index (χ4n) is 4.80. The Hall–Kier alpha value is -2.98. The first-order chi connectivity index (χ1) is 16.4. The van der Waals surface area contributed by atoms with Crippen LogP contribution < -0.4 is 16.0 Å². The lowest BCUT2D eigenvalue weighted by Gasteiger charge is -2.29. The molecule has 10 nitrogen and oxygen atoms in total. The SMILES string of the molecule is CC(C)C[C@H](NC(=O)c1ccc(N(C)C)cc1)C(=O)N1CCC2C1C(=O)CN2C(=O)[C@@H](N)[C@@H](C)O. The van der Waals surface area contributed by atoms with E-state index in [1.165, 1.54) is 16.7 Å². The number of benzene rings is 1. The topological polar surface area (TPSA) is 136 Å². The first-order valence-corrected chi connectivity index (χ1v) is 12.1. The van der Waals surface area contributed by atoms with Crippen LogP contribution in [0.25, 0.3) is 0 Å². The maximum Gasteiger partial charge on any atom is 0.251 e. The molecule has 2 unspecified atom stereocenters. The van der Waals surface area contributed by atoms with Crippen molar-refractivity contribution in [2.75, 3.05) is 32.1 Å². The molecule has 3 rings (SSSR count). The number of fused-ring (bicyclic) bond motifs is 1. The molecule has 2 heterocycles. The van der Waals surface area contributed by atoms with Crippen molar-refractivity contribution >= 4 is 29.2 Å². The molecule has 2 saturated heterocycles. The predicted octanol–water partition coefficient (Wildman–Crippen LogP) is -0.0140. The van der Waals surface area contributed by atoms with E-state index in [4.69, 9.17) is 5.73 Å². The molecule has 192 valence electrons. The number of hydrogen-bond acceptors (Lipinski definition) is 7. The number of aliphatic hydroxyl groups is 1. The molecule has 3 amide bonds. The molecule has 2 aliphatic rings. The summed E-state index contributed by atoms with van der Waals surface area (Å²) < 4.78 is 0. The number of likely N-dealkylation sites (tertiary alicyclic amines) is 2. The minimum absolute atomic E-state index is 0.125. The molecule has 2 fully saturated rings. The minimum Gasteiger partial charge on any atom is -0.391 e. The van der Waals surface area contributed by atoms with Gasteiger partial charge < -0.3 is 30.9 Å². The number of Topliss-reactive ketones (excluding diaryl/α,β-unsaturated/α-hetero) is 1. The van der Waals surface area contributed by atoms with Gasteiger partial charge in [-0.3, -0.25) is 19.2 Å². The van der Waals surface area contributed by atoms with E-state index in [0.29, 0.717) is 24.9 Å². The molecule has 0 bridgehead atoms. The molecule has 1 aromatic rings. The summed E-state index contributed by atoms with van der Waals surface area (Å²) in [7, 11) is 3.82. The van der Waals surface area contributed by atoms with Crippen molar-refractivity contribution in [3.63, 3.8) is 0 Å². The Bertz CT molecular complexity index is 961. The second-order valence-corrected chi connectivity index (χ2v) is 10.1. The van der Waals surface area contributed by atoms with E-state index in [0.717, 1.165) is 5.69 Å². The lowest BCUT2D eigenvalue weighted by Crippen LogP contribution is -2.53. The van der Waals surface area contributed by atoms with Crippen LogP contribution in [0, 0.1) is 5.92 Å². The number of nitrogens with zero attached hydrogens (tertiary/aromatic N) is 3. The second kappa shape index (κ2) is 10.7. The molecule has 0 aliphatic carbocycles. The molecule has 4 N–H and O–H groups in total. The Labute approximate surface area is 206 Å². The van der Waals surface area contributed by atoms with Crippen molar-refractivity contribution in [2.24, 2.45) is 11.7 Å². The van der Waals surface area contributed by atoms with Gasteiger partial charge in [0.25, 0.3) is 5.91 Å². The lowest BCUT2D eigenvalue weighted by molar-refractivity contribution is -0.138. The minimum atomic E-state index is -1.13. The van der Waals surface area contributed by atoms with Gasteiger partial charge in [0.05, 0.1) is 18.7 Å². The number of carbonyl (C=O) groups is 4. The van der Waals surface area contributed by atoms with Crippen molar-refractivity contribution in [2.45, 2.75) is 63.9 Å². The lowest BCUT2D eigenvalue weighted by atomic mass is 10.0. The molecule has 0 radical (unpaired) electrons. The monoisotopic (exact) mass is 487 g/mol. The summed E-state index contributed by atoms with van der Waals surface area (Å²) in [5.41, 5.74) is 7.21. The highest BCUT2D eigenvalue weighted by atomic mass is 16.3. The van der Waals surface area contributed by atoms with Crippen molar-refractivity contribution in [1.29, 1.82) is 0 Å². The van der Waals surface area contributed by atoms with Gasteiger partial charge in [-0.15, -0.1) is 0 Å². The number of nitrogens with two attached hydrogens (primary N) is 1. The number of aliphatic hydroxyl groups excluding tert-OH is 1. The standard InChI is InChI=1S/C25H37N5O5/c1-14(2)12-18(27-23(33)16-6-8-17(9-7-16)28(4)5)24(34)29-11-10-19-22(29)20(32)13-30(19)25(35)21(26)15(3)31/h6-9,14-15,18-19,21-22,31H,10-13,26H2,1-5H3,(H,27,33)/t15-,18+,19?,21+,22?/m1/s1.